The van der Waals surface area contributed by atoms with Gasteiger partial charge in [0.2, 0.25) is 0 Å². The molecule has 0 spiro atoms. The molecule has 0 heterocycles. The number of benzene rings is 1. The van der Waals surface area contributed by atoms with Crippen LogP contribution in [0.1, 0.15) is 30.5 Å². The Kier molecular flexibility index (Phi) is 4.60. The lowest BCUT2D eigenvalue weighted by atomic mass is 9.80. The lowest BCUT2D eigenvalue weighted by Gasteiger charge is -2.33. The van der Waals surface area contributed by atoms with E-state index in [9.17, 15) is 9.18 Å². The van der Waals surface area contributed by atoms with Crippen LogP contribution in [0.15, 0.2) is 18.2 Å². The van der Waals surface area contributed by atoms with Crippen molar-refractivity contribution < 1.29 is 14.3 Å². The van der Waals surface area contributed by atoms with Crippen LogP contribution in [0.4, 0.5) is 9.18 Å². The molecule has 2 unspecified atom stereocenters. The van der Waals surface area contributed by atoms with Gasteiger partial charge < -0.3 is 15.3 Å². The van der Waals surface area contributed by atoms with Crippen LogP contribution in [0.25, 0.3) is 0 Å². The summed E-state index contributed by atoms with van der Waals surface area (Å²) in [5.41, 5.74) is 1.58. The van der Waals surface area contributed by atoms with Gasteiger partial charge in [0.25, 0.3) is 0 Å². The van der Waals surface area contributed by atoms with E-state index in [0.29, 0.717) is 12.0 Å². The van der Waals surface area contributed by atoms with Gasteiger partial charge >= 0.3 is 6.03 Å². The highest BCUT2D eigenvalue weighted by Gasteiger charge is 2.29. The highest BCUT2D eigenvalue weighted by atomic mass is 19.1. The summed E-state index contributed by atoms with van der Waals surface area (Å²) in [6.07, 6.45) is 1.56. The minimum Gasteiger partial charge on any atom is -0.395 e. The Bertz CT molecular complexity index is 493. The fourth-order valence-corrected chi connectivity index (χ4v) is 2.69. The number of urea groups is 1. The lowest BCUT2D eigenvalue weighted by molar-refractivity contribution is 0.181. The molecule has 5 heteroatoms. The minimum atomic E-state index is -0.243. The van der Waals surface area contributed by atoms with Crippen molar-refractivity contribution in [3.63, 3.8) is 0 Å². The second kappa shape index (κ2) is 6.22. The summed E-state index contributed by atoms with van der Waals surface area (Å²) in [5, 5.41) is 11.8. The number of aliphatic hydroxyl groups excluding tert-OH is 1. The van der Waals surface area contributed by atoms with Gasteiger partial charge in [0.05, 0.1) is 12.6 Å². The van der Waals surface area contributed by atoms with E-state index in [1.807, 2.05) is 6.07 Å². The maximum atomic E-state index is 13.8. The Balaban J connectivity index is 2.20. The second-order valence-corrected chi connectivity index (χ2v) is 5.40. The van der Waals surface area contributed by atoms with Gasteiger partial charge in [-0.3, -0.25) is 0 Å². The molecule has 0 bridgehead atoms. The molecular formula is C15H21FN2O2. The standard InChI is InChI=1S/C15H21FN2O2/c1-10-6-7-11-12(4-3-5-13(11)16)14(10)17-15(20)18(2)8-9-19/h3-5,10,14,19H,6-9H2,1-2H3,(H,17,20). The zero-order valence-corrected chi connectivity index (χ0v) is 11.9. The van der Waals surface area contributed by atoms with Gasteiger partial charge in [-0.15, -0.1) is 0 Å². The number of carbonyl (C=O) groups excluding carboxylic acids is 1. The smallest absolute Gasteiger partial charge is 0.317 e. The molecule has 20 heavy (non-hydrogen) atoms. The lowest BCUT2D eigenvalue weighted by Crippen LogP contribution is -2.43. The number of hydrogen-bond donors (Lipinski definition) is 2. The van der Waals surface area contributed by atoms with Crippen molar-refractivity contribution in [2.75, 3.05) is 20.2 Å². The molecule has 2 atom stereocenters. The highest BCUT2D eigenvalue weighted by Crippen LogP contribution is 2.35. The monoisotopic (exact) mass is 280 g/mol. The Morgan fingerprint density at radius 3 is 3.00 bits per heavy atom. The average molecular weight is 280 g/mol. The second-order valence-electron chi connectivity index (χ2n) is 5.40. The number of nitrogens with zero attached hydrogens (tertiary/aromatic N) is 1. The summed E-state index contributed by atoms with van der Waals surface area (Å²) < 4.78 is 13.8. The molecule has 1 aliphatic rings. The maximum Gasteiger partial charge on any atom is 0.317 e. The third-order valence-electron chi connectivity index (χ3n) is 3.97. The van der Waals surface area contributed by atoms with E-state index in [4.69, 9.17) is 5.11 Å². The minimum absolute atomic E-state index is 0.0741. The summed E-state index contributed by atoms with van der Waals surface area (Å²) >= 11 is 0. The zero-order chi connectivity index (χ0) is 14.7. The van der Waals surface area contributed by atoms with E-state index in [-0.39, 0.29) is 37.0 Å². The van der Waals surface area contributed by atoms with Gasteiger partial charge in [-0.25, -0.2) is 9.18 Å². The van der Waals surface area contributed by atoms with Gasteiger partial charge in [0.1, 0.15) is 5.82 Å². The first-order valence-corrected chi connectivity index (χ1v) is 6.94. The molecule has 1 aliphatic carbocycles. The first kappa shape index (κ1) is 14.8. The van der Waals surface area contributed by atoms with E-state index >= 15 is 0 Å². The zero-order valence-electron chi connectivity index (χ0n) is 11.9. The number of nitrogens with one attached hydrogen (secondary N) is 1. The van der Waals surface area contributed by atoms with Crippen LogP contribution in [0.2, 0.25) is 0 Å². The molecule has 0 saturated heterocycles. The van der Waals surface area contributed by atoms with E-state index in [0.717, 1.165) is 12.0 Å². The summed E-state index contributed by atoms with van der Waals surface area (Å²) in [4.78, 5) is 13.5. The number of likely N-dealkylation sites (N-methyl/N-ethyl adjacent to an activating group) is 1. The molecule has 0 radical (unpaired) electrons. The number of carbonyl (C=O) groups is 1. The normalized spacial score (nSPS) is 21.2. The largest absolute Gasteiger partial charge is 0.395 e. The highest BCUT2D eigenvalue weighted by molar-refractivity contribution is 5.74. The van der Waals surface area contributed by atoms with Crippen molar-refractivity contribution in [3.8, 4) is 0 Å². The molecule has 2 amide bonds. The van der Waals surface area contributed by atoms with Crippen molar-refractivity contribution in [3.05, 3.63) is 35.1 Å². The molecule has 4 nitrogen and oxygen atoms in total. The fourth-order valence-electron chi connectivity index (χ4n) is 2.69. The summed E-state index contributed by atoms with van der Waals surface area (Å²) in [7, 11) is 1.63. The van der Waals surface area contributed by atoms with Crippen molar-refractivity contribution in [1.29, 1.82) is 0 Å². The first-order chi connectivity index (χ1) is 9.54. The van der Waals surface area contributed by atoms with Crippen LogP contribution in [0, 0.1) is 11.7 Å². The molecule has 2 rings (SSSR count). The Morgan fingerprint density at radius 2 is 2.30 bits per heavy atom. The molecular weight excluding hydrogens is 259 g/mol. The van der Waals surface area contributed by atoms with E-state index in [1.54, 1.807) is 13.1 Å². The summed E-state index contributed by atoms with van der Waals surface area (Å²) in [6, 6.07) is 4.61. The van der Waals surface area contributed by atoms with E-state index < -0.39 is 0 Å². The van der Waals surface area contributed by atoms with Crippen LogP contribution in [0.3, 0.4) is 0 Å². The molecule has 0 aliphatic heterocycles. The van der Waals surface area contributed by atoms with Crippen LogP contribution in [-0.2, 0) is 6.42 Å². The van der Waals surface area contributed by atoms with Gasteiger partial charge in [-0.2, -0.15) is 0 Å². The van der Waals surface area contributed by atoms with Gasteiger partial charge in [0, 0.05) is 13.6 Å². The predicted octanol–water partition coefficient (Wildman–Crippen LogP) is 2.08. The van der Waals surface area contributed by atoms with Crippen molar-refractivity contribution in [2.45, 2.75) is 25.8 Å². The number of halogens is 1. The average Bonchev–Trinajstić information content (AvgIpc) is 2.42. The van der Waals surface area contributed by atoms with E-state index in [1.165, 1.54) is 11.0 Å². The van der Waals surface area contributed by atoms with Crippen LogP contribution < -0.4 is 5.32 Å². The summed E-state index contributed by atoms with van der Waals surface area (Å²) in [6.45, 7) is 2.27. The van der Waals surface area contributed by atoms with E-state index in [2.05, 4.69) is 12.2 Å². The molecule has 1 aromatic rings. The number of amides is 2. The predicted molar refractivity (Wildman–Crippen MR) is 74.9 cm³/mol. The molecule has 2 N–H and O–H groups in total. The topological polar surface area (TPSA) is 52.6 Å². The number of fused-ring (bicyclic) bond motifs is 1. The van der Waals surface area contributed by atoms with Crippen molar-refractivity contribution in [2.24, 2.45) is 5.92 Å². The first-order valence-electron chi connectivity index (χ1n) is 6.94. The Morgan fingerprint density at radius 1 is 1.55 bits per heavy atom. The van der Waals surface area contributed by atoms with Gasteiger partial charge in [-0.05, 0) is 36.0 Å². The van der Waals surface area contributed by atoms with Gasteiger partial charge in [-0.1, -0.05) is 19.1 Å². The Labute approximate surface area is 118 Å². The molecule has 0 aromatic heterocycles. The van der Waals surface area contributed by atoms with Crippen LogP contribution in [-0.4, -0.2) is 36.2 Å². The maximum absolute atomic E-state index is 13.8. The SMILES string of the molecule is CC1CCc2c(F)cccc2C1NC(=O)N(C)CCO. The molecule has 0 saturated carbocycles. The number of hydrogen-bond acceptors (Lipinski definition) is 2. The van der Waals surface area contributed by atoms with Gasteiger partial charge in [0.15, 0.2) is 0 Å². The van der Waals surface area contributed by atoms with Crippen molar-refractivity contribution >= 4 is 6.03 Å². The Hall–Kier alpha value is -1.62. The van der Waals surface area contributed by atoms with Crippen LogP contribution in [0.5, 0.6) is 0 Å². The van der Waals surface area contributed by atoms with Crippen molar-refractivity contribution in [1.82, 2.24) is 10.2 Å². The number of aliphatic hydroxyl groups is 1. The molecule has 1 aromatic carbocycles. The summed E-state index contributed by atoms with van der Waals surface area (Å²) in [5.74, 6) is 0.0631. The third-order valence-corrected chi connectivity index (χ3v) is 3.97. The fraction of sp³-hybridized carbons (Fsp3) is 0.533. The van der Waals surface area contributed by atoms with Crippen LogP contribution >= 0.6 is 0 Å². The molecule has 110 valence electrons. The quantitative estimate of drug-likeness (QED) is 0.890. The third kappa shape index (κ3) is 2.93. The number of rotatable bonds is 3. The molecule has 0 fully saturated rings.